The molecule has 0 saturated carbocycles. The van der Waals surface area contributed by atoms with Crippen LogP contribution in [-0.2, 0) is 6.42 Å². The molecule has 0 radical (unpaired) electrons. The molecule has 3 rings (SSSR count). The van der Waals surface area contributed by atoms with Crippen LogP contribution in [0.25, 0.3) is 10.2 Å². The minimum Gasteiger partial charge on any atom is -0.411 e. The van der Waals surface area contributed by atoms with E-state index in [0.29, 0.717) is 12.1 Å². The molecule has 0 saturated heterocycles. The molecule has 4 heteroatoms. The fourth-order valence-electron chi connectivity index (χ4n) is 2.13. The zero-order chi connectivity index (χ0) is 13.8. The Balaban J connectivity index is 1.75. The van der Waals surface area contributed by atoms with Crippen molar-refractivity contribution in [2.75, 3.05) is 0 Å². The van der Waals surface area contributed by atoms with Gasteiger partial charge in [-0.25, -0.2) is 4.98 Å². The summed E-state index contributed by atoms with van der Waals surface area (Å²) in [6.07, 6.45) is 1.47. The van der Waals surface area contributed by atoms with Crippen molar-refractivity contribution in [2.24, 2.45) is 5.16 Å². The second-order valence-corrected chi connectivity index (χ2v) is 5.60. The molecule has 0 aliphatic heterocycles. The van der Waals surface area contributed by atoms with E-state index in [1.165, 1.54) is 4.70 Å². The van der Waals surface area contributed by atoms with Gasteiger partial charge in [-0.2, -0.15) is 0 Å². The number of aromatic nitrogens is 1. The van der Waals surface area contributed by atoms with Crippen LogP contribution < -0.4 is 0 Å². The molecule has 0 amide bonds. The number of fused-ring (bicyclic) bond motifs is 1. The molecule has 3 nitrogen and oxygen atoms in total. The molecule has 0 bridgehead atoms. The van der Waals surface area contributed by atoms with Crippen LogP contribution in [0.2, 0.25) is 0 Å². The van der Waals surface area contributed by atoms with Crippen LogP contribution >= 0.6 is 11.3 Å². The average Bonchev–Trinajstić information content (AvgIpc) is 2.92. The molecule has 0 fully saturated rings. The van der Waals surface area contributed by atoms with Crippen molar-refractivity contribution in [1.29, 1.82) is 0 Å². The molecular formula is C16H14N2OS. The highest BCUT2D eigenvalue weighted by Crippen LogP contribution is 2.23. The van der Waals surface area contributed by atoms with E-state index >= 15 is 0 Å². The van der Waals surface area contributed by atoms with E-state index < -0.39 is 0 Å². The summed E-state index contributed by atoms with van der Waals surface area (Å²) in [6.45, 7) is 0. The highest BCUT2D eigenvalue weighted by Gasteiger charge is 2.07. The maximum Gasteiger partial charge on any atom is 0.0942 e. The van der Waals surface area contributed by atoms with Crippen molar-refractivity contribution in [3.8, 4) is 0 Å². The van der Waals surface area contributed by atoms with Gasteiger partial charge in [-0.05, 0) is 24.1 Å². The first-order valence-electron chi connectivity index (χ1n) is 6.47. The third-order valence-electron chi connectivity index (χ3n) is 3.14. The van der Waals surface area contributed by atoms with Gasteiger partial charge in [0.05, 0.1) is 20.9 Å². The molecule has 2 aromatic carbocycles. The van der Waals surface area contributed by atoms with Crippen LogP contribution in [0.5, 0.6) is 0 Å². The summed E-state index contributed by atoms with van der Waals surface area (Å²) < 4.78 is 1.20. The maximum atomic E-state index is 9.17. The maximum absolute atomic E-state index is 9.17. The van der Waals surface area contributed by atoms with E-state index in [4.69, 9.17) is 5.21 Å². The predicted molar refractivity (Wildman–Crippen MR) is 82.7 cm³/mol. The van der Waals surface area contributed by atoms with Crippen LogP contribution in [-0.4, -0.2) is 15.9 Å². The first kappa shape index (κ1) is 12.8. The highest BCUT2D eigenvalue weighted by molar-refractivity contribution is 7.18. The highest BCUT2D eigenvalue weighted by atomic mass is 32.1. The molecule has 0 aliphatic carbocycles. The third-order valence-corrected chi connectivity index (χ3v) is 4.24. The summed E-state index contributed by atoms with van der Waals surface area (Å²) in [5.41, 5.74) is 2.69. The molecule has 20 heavy (non-hydrogen) atoms. The van der Waals surface area contributed by atoms with Crippen LogP contribution in [0.3, 0.4) is 0 Å². The fourth-order valence-corrected chi connectivity index (χ4v) is 3.10. The molecule has 0 atom stereocenters. The van der Waals surface area contributed by atoms with Gasteiger partial charge in [0.2, 0.25) is 0 Å². The van der Waals surface area contributed by atoms with Crippen molar-refractivity contribution >= 4 is 27.3 Å². The van der Waals surface area contributed by atoms with Gasteiger partial charge in [0.15, 0.2) is 0 Å². The number of oxime groups is 1. The van der Waals surface area contributed by atoms with Gasteiger partial charge in [-0.1, -0.05) is 47.6 Å². The number of thiazole rings is 1. The lowest BCUT2D eigenvalue weighted by Crippen LogP contribution is -2.02. The topological polar surface area (TPSA) is 45.5 Å². The number of para-hydroxylation sites is 1. The van der Waals surface area contributed by atoms with E-state index in [1.54, 1.807) is 11.3 Å². The van der Waals surface area contributed by atoms with Gasteiger partial charge < -0.3 is 5.21 Å². The fraction of sp³-hybridized carbons (Fsp3) is 0.125. The summed E-state index contributed by atoms with van der Waals surface area (Å²) >= 11 is 1.70. The molecular weight excluding hydrogens is 268 g/mol. The van der Waals surface area contributed by atoms with E-state index in [9.17, 15) is 0 Å². The summed E-state index contributed by atoms with van der Waals surface area (Å²) in [7, 11) is 0. The Morgan fingerprint density at radius 2 is 1.80 bits per heavy atom. The molecule has 1 aromatic heterocycles. The monoisotopic (exact) mass is 282 g/mol. The molecule has 0 aliphatic rings. The lowest BCUT2D eigenvalue weighted by molar-refractivity contribution is 0.318. The number of hydrogen-bond donors (Lipinski definition) is 1. The van der Waals surface area contributed by atoms with Gasteiger partial charge in [0, 0.05) is 6.42 Å². The van der Waals surface area contributed by atoms with Crippen LogP contribution in [0.4, 0.5) is 0 Å². The van der Waals surface area contributed by atoms with Crippen molar-refractivity contribution in [2.45, 2.75) is 12.8 Å². The third kappa shape index (κ3) is 2.70. The number of aryl methyl sites for hydroxylation is 1. The summed E-state index contributed by atoms with van der Waals surface area (Å²) in [5.74, 6) is 0. The van der Waals surface area contributed by atoms with E-state index in [2.05, 4.69) is 16.2 Å². The Kier molecular flexibility index (Phi) is 3.74. The van der Waals surface area contributed by atoms with Crippen molar-refractivity contribution < 1.29 is 5.21 Å². The average molecular weight is 282 g/mol. The predicted octanol–water partition coefficient (Wildman–Crippen LogP) is 4.11. The van der Waals surface area contributed by atoms with Crippen molar-refractivity contribution in [3.63, 3.8) is 0 Å². The summed E-state index contributed by atoms with van der Waals surface area (Å²) in [6, 6.07) is 17.9. The molecule has 1 N–H and O–H groups in total. The second-order valence-electron chi connectivity index (χ2n) is 4.49. The first-order chi connectivity index (χ1) is 9.86. The molecule has 1 heterocycles. The van der Waals surface area contributed by atoms with Crippen molar-refractivity contribution in [1.82, 2.24) is 4.98 Å². The van der Waals surface area contributed by atoms with Gasteiger partial charge in [-0.3, -0.25) is 0 Å². The quantitative estimate of drug-likeness (QED) is 0.444. The number of benzene rings is 2. The number of nitrogens with zero attached hydrogens (tertiary/aromatic N) is 2. The Labute approximate surface area is 121 Å². The van der Waals surface area contributed by atoms with Gasteiger partial charge >= 0.3 is 0 Å². The Bertz CT molecular complexity index is 701. The second kappa shape index (κ2) is 5.84. The lowest BCUT2D eigenvalue weighted by atomic mass is 10.1. The zero-order valence-corrected chi connectivity index (χ0v) is 11.7. The van der Waals surface area contributed by atoms with Crippen LogP contribution in [0, 0.1) is 0 Å². The molecule has 100 valence electrons. The number of rotatable bonds is 4. The Morgan fingerprint density at radius 3 is 2.55 bits per heavy atom. The Morgan fingerprint density at radius 1 is 1.05 bits per heavy atom. The van der Waals surface area contributed by atoms with Crippen LogP contribution in [0.1, 0.15) is 17.0 Å². The van der Waals surface area contributed by atoms with Gasteiger partial charge in [-0.15, -0.1) is 11.3 Å². The SMILES string of the molecule is O/N=C(\CCc1nc2ccccc2s1)c1ccccc1. The van der Waals surface area contributed by atoms with E-state index in [1.807, 2.05) is 48.5 Å². The lowest BCUT2D eigenvalue weighted by Gasteiger charge is -2.02. The first-order valence-corrected chi connectivity index (χ1v) is 7.29. The zero-order valence-electron chi connectivity index (χ0n) is 10.9. The van der Waals surface area contributed by atoms with Crippen LogP contribution in [0.15, 0.2) is 59.8 Å². The minimum atomic E-state index is 0.681. The standard InChI is InChI=1S/C16H14N2OS/c19-18-13(12-6-2-1-3-7-12)10-11-16-17-14-8-4-5-9-15(14)20-16/h1-9,19H,10-11H2/b18-13+. The minimum absolute atomic E-state index is 0.681. The summed E-state index contributed by atoms with van der Waals surface area (Å²) in [5, 5.41) is 13.7. The van der Waals surface area contributed by atoms with E-state index in [0.717, 1.165) is 22.5 Å². The van der Waals surface area contributed by atoms with Gasteiger partial charge in [0.1, 0.15) is 0 Å². The largest absolute Gasteiger partial charge is 0.411 e. The molecule has 0 spiro atoms. The molecule has 3 aromatic rings. The Hall–Kier alpha value is -2.20. The van der Waals surface area contributed by atoms with Gasteiger partial charge in [0.25, 0.3) is 0 Å². The smallest absolute Gasteiger partial charge is 0.0942 e. The normalized spacial score (nSPS) is 11.9. The van der Waals surface area contributed by atoms with E-state index in [-0.39, 0.29) is 0 Å². The summed E-state index contributed by atoms with van der Waals surface area (Å²) in [4.78, 5) is 4.59. The van der Waals surface area contributed by atoms with Crippen molar-refractivity contribution in [3.05, 3.63) is 65.2 Å². The molecule has 0 unspecified atom stereocenters. The number of hydrogen-bond acceptors (Lipinski definition) is 4.